The highest BCUT2D eigenvalue weighted by Crippen LogP contribution is 2.40. The highest BCUT2D eigenvalue weighted by atomic mass is 32.2. The first-order valence-corrected chi connectivity index (χ1v) is 15.5. The van der Waals surface area contributed by atoms with Gasteiger partial charge in [-0.15, -0.1) is 0 Å². The SMILES string of the molecule is COc1cc(P(C)(C)=O)c(C)cc1Nc1nc(Nc2ccccc2S(=O)(=O)C(C)C)c2cc[nH]c2n1. The molecule has 0 radical (unpaired) electrons. The zero-order chi connectivity index (χ0) is 26.3. The highest BCUT2D eigenvalue weighted by Gasteiger charge is 2.23. The summed E-state index contributed by atoms with van der Waals surface area (Å²) in [4.78, 5) is 12.5. The summed E-state index contributed by atoms with van der Waals surface area (Å²) in [5.41, 5.74) is 2.47. The minimum Gasteiger partial charge on any atom is -0.495 e. The van der Waals surface area contributed by atoms with Gasteiger partial charge in [-0.2, -0.15) is 9.97 Å². The maximum Gasteiger partial charge on any atom is 0.231 e. The van der Waals surface area contributed by atoms with E-state index in [0.29, 0.717) is 34.0 Å². The van der Waals surface area contributed by atoms with E-state index in [1.165, 1.54) is 0 Å². The molecule has 11 heteroatoms. The fourth-order valence-corrected chi connectivity index (χ4v) is 6.48. The van der Waals surface area contributed by atoms with Crippen LogP contribution in [0.3, 0.4) is 0 Å². The number of benzene rings is 2. The first kappa shape index (κ1) is 25.7. The molecule has 0 aliphatic carbocycles. The number of nitrogens with one attached hydrogen (secondary N) is 3. The molecule has 0 saturated heterocycles. The molecule has 0 aliphatic rings. The van der Waals surface area contributed by atoms with Gasteiger partial charge in [0.25, 0.3) is 0 Å². The van der Waals surface area contributed by atoms with Gasteiger partial charge in [0.1, 0.15) is 24.4 Å². The summed E-state index contributed by atoms with van der Waals surface area (Å²) in [7, 11) is -4.48. The van der Waals surface area contributed by atoms with Gasteiger partial charge in [-0.3, -0.25) is 0 Å². The molecule has 2 aromatic carbocycles. The van der Waals surface area contributed by atoms with Crippen LogP contribution in [0.15, 0.2) is 53.6 Å². The molecule has 3 N–H and O–H groups in total. The number of H-pyrrole nitrogens is 1. The minimum atomic E-state index is -3.52. The van der Waals surface area contributed by atoms with E-state index in [0.717, 1.165) is 10.9 Å². The van der Waals surface area contributed by atoms with Gasteiger partial charge < -0.3 is 24.9 Å². The Hall–Kier alpha value is -3.36. The molecule has 2 heterocycles. The van der Waals surface area contributed by atoms with E-state index in [2.05, 4.69) is 25.6 Å². The predicted octanol–water partition coefficient (Wildman–Crippen LogP) is 5.19. The Morgan fingerprint density at radius 3 is 2.42 bits per heavy atom. The fourth-order valence-electron chi connectivity index (χ4n) is 3.94. The minimum absolute atomic E-state index is 0.202. The normalized spacial score (nSPS) is 12.2. The summed E-state index contributed by atoms with van der Waals surface area (Å²) in [6, 6.07) is 12.2. The molecule has 0 spiro atoms. The van der Waals surface area contributed by atoms with Gasteiger partial charge in [-0.05, 0) is 70.0 Å². The van der Waals surface area contributed by atoms with E-state index in [4.69, 9.17) is 4.74 Å². The molecule has 0 fully saturated rings. The summed E-state index contributed by atoms with van der Waals surface area (Å²) in [6.07, 6.45) is 1.74. The Morgan fingerprint density at radius 2 is 1.75 bits per heavy atom. The second-order valence-corrected chi connectivity index (χ2v) is 14.8. The molecule has 0 amide bonds. The van der Waals surface area contributed by atoms with Gasteiger partial charge in [0.15, 0.2) is 9.84 Å². The lowest BCUT2D eigenvalue weighted by Crippen LogP contribution is -2.15. The van der Waals surface area contributed by atoms with Gasteiger partial charge in [-0.1, -0.05) is 12.1 Å². The molecule has 0 unspecified atom stereocenters. The van der Waals surface area contributed by atoms with Crippen LogP contribution in [0.2, 0.25) is 0 Å². The molecule has 4 aromatic rings. The van der Waals surface area contributed by atoms with Crippen LogP contribution >= 0.6 is 7.14 Å². The number of rotatable bonds is 8. The predicted molar refractivity (Wildman–Crippen MR) is 146 cm³/mol. The number of para-hydroxylation sites is 1. The fraction of sp³-hybridized carbons (Fsp3) is 0.280. The molecular formula is C25H30N5O4PS. The lowest BCUT2D eigenvalue weighted by atomic mass is 10.2. The zero-order valence-corrected chi connectivity index (χ0v) is 22.8. The maximum absolute atomic E-state index is 12.9. The van der Waals surface area contributed by atoms with E-state index in [-0.39, 0.29) is 10.8 Å². The van der Waals surface area contributed by atoms with Crippen LogP contribution in [0.1, 0.15) is 19.4 Å². The molecule has 0 bridgehead atoms. The summed E-state index contributed by atoms with van der Waals surface area (Å²) < 4.78 is 44.1. The first-order valence-electron chi connectivity index (χ1n) is 11.4. The third kappa shape index (κ3) is 4.96. The smallest absolute Gasteiger partial charge is 0.231 e. The van der Waals surface area contributed by atoms with Crippen LogP contribution in [-0.2, 0) is 14.4 Å². The average Bonchev–Trinajstić information content (AvgIpc) is 3.27. The van der Waals surface area contributed by atoms with E-state index in [9.17, 15) is 13.0 Å². The van der Waals surface area contributed by atoms with Crippen molar-refractivity contribution in [3.8, 4) is 5.75 Å². The van der Waals surface area contributed by atoms with Crippen molar-refractivity contribution in [1.82, 2.24) is 15.0 Å². The summed E-state index contributed by atoms with van der Waals surface area (Å²) in [5, 5.41) is 7.27. The largest absolute Gasteiger partial charge is 0.495 e. The topological polar surface area (TPSA) is 126 Å². The molecule has 0 saturated carbocycles. The van der Waals surface area contributed by atoms with Crippen molar-refractivity contribution in [2.75, 3.05) is 31.1 Å². The monoisotopic (exact) mass is 527 g/mol. The molecule has 9 nitrogen and oxygen atoms in total. The molecule has 190 valence electrons. The van der Waals surface area contributed by atoms with Crippen molar-refractivity contribution in [2.24, 2.45) is 0 Å². The molecule has 36 heavy (non-hydrogen) atoms. The Morgan fingerprint density at radius 1 is 1.03 bits per heavy atom. The molecule has 0 atom stereocenters. The van der Waals surface area contributed by atoms with E-state index < -0.39 is 22.2 Å². The van der Waals surface area contributed by atoms with E-state index in [1.807, 2.05) is 19.1 Å². The number of aryl methyl sites for hydroxylation is 1. The molecule has 2 aromatic heterocycles. The van der Waals surface area contributed by atoms with Gasteiger partial charge in [-0.25, -0.2) is 8.42 Å². The van der Waals surface area contributed by atoms with Crippen molar-refractivity contribution >= 4 is 56.5 Å². The molecular weight excluding hydrogens is 497 g/mol. The Labute approximate surface area is 211 Å². The Bertz CT molecular complexity index is 1590. The van der Waals surface area contributed by atoms with Gasteiger partial charge in [0, 0.05) is 11.5 Å². The number of aromatic amines is 1. The third-order valence-corrected chi connectivity index (χ3v) is 9.68. The number of nitrogens with zero attached hydrogens (tertiary/aromatic N) is 2. The van der Waals surface area contributed by atoms with Crippen molar-refractivity contribution in [1.29, 1.82) is 0 Å². The number of anilines is 4. The zero-order valence-electron chi connectivity index (χ0n) is 21.1. The van der Waals surface area contributed by atoms with Crippen LogP contribution in [0.25, 0.3) is 11.0 Å². The van der Waals surface area contributed by atoms with Crippen LogP contribution < -0.4 is 20.7 Å². The number of hydrogen-bond acceptors (Lipinski definition) is 8. The van der Waals surface area contributed by atoms with Crippen molar-refractivity contribution in [2.45, 2.75) is 30.9 Å². The molecule has 4 rings (SSSR count). The third-order valence-electron chi connectivity index (χ3n) is 5.83. The van der Waals surface area contributed by atoms with Crippen molar-refractivity contribution in [3.05, 3.63) is 54.2 Å². The van der Waals surface area contributed by atoms with Crippen molar-refractivity contribution < 1.29 is 17.7 Å². The quantitative estimate of drug-likeness (QED) is 0.267. The van der Waals surface area contributed by atoms with E-state index >= 15 is 0 Å². The van der Waals surface area contributed by atoms with E-state index in [1.54, 1.807) is 70.8 Å². The lowest BCUT2D eigenvalue weighted by Gasteiger charge is -2.17. The maximum atomic E-state index is 12.9. The Balaban J connectivity index is 1.78. The van der Waals surface area contributed by atoms with Gasteiger partial charge in [0.2, 0.25) is 5.95 Å². The number of methoxy groups -OCH3 is 1. The summed E-state index contributed by atoms with van der Waals surface area (Å²) in [5.74, 6) is 1.23. The average molecular weight is 528 g/mol. The second kappa shape index (κ2) is 9.59. The number of aromatic nitrogens is 3. The van der Waals surface area contributed by atoms with Gasteiger partial charge >= 0.3 is 0 Å². The number of fused-ring (bicyclic) bond motifs is 1. The number of hydrogen-bond donors (Lipinski definition) is 3. The van der Waals surface area contributed by atoms with Gasteiger partial charge in [0.05, 0.1) is 34.0 Å². The van der Waals surface area contributed by atoms with Crippen LogP contribution in [0.4, 0.5) is 23.1 Å². The second-order valence-electron chi connectivity index (χ2n) is 9.17. The standard InChI is InChI=1S/C25H30N5O4PS/c1-15(2)36(32,33)22-10-8-7-9-18(22)27-24-17-11-12-26-23(17)29-25(30-24)28-19-13-16(3)21(35(5,6)31)14-20(19)34-4/h7-15H,1-6H3,(H3,26,27,28,29,30). The Kier molecular flexibility index (Phi) is 6.86. The summed E-state index contributed by atoms with van der Waals surface area (Å²) in [6.45, 7) is 8.64. The van der Waals surface area contributed by atoms with Crippen LogP contribution in [-0.4, -0.2) is 49.1 Å². The lowest BCUT2D eigenvalue weighted by molar-refractivity contribution is 0.417. The first-order chi connectivity index (χ1) is 16.9. The highest BCUT2D eigenvalue weighted by molar-refractivity contribution is 7.92. The summed E-state index contributed by atoms with van der Waals surface area (Å²) >= 11 is 0. The van der Waals surface area contributed by atoms with Crippen molar-refractivity contribution in [3.63, 3.8) is 0 Å². The number of ether oxygens (including phenoxy) is 1. The van der Waals surface area contributed by atoms with Crippen LogP contribution in [0, 0.1) is 6.92 Å². The van der Waals surface area contributed by atoms with Crippen LogP contribution in [0.5, 0.6) is 5.75 Å². The molecule has 0 aliphatic heterocycles. The number of sulfone groups is 1.